The number of hydrogen-bond acceptors (Lipinski definition) is 6. The minimum absolute atomic E-state index is 0.191. The molecule has 0 aliphatic carbocycles. The molecule has 0 fully saturated rings. The SMILES string of the molecule is COc1ccccc1OCC(=O)N(CCn1cccn1)c1nc2ccc(F)cc2s1. The topological polar surface area (TPSA) is 69.5 Å². The van der Waals surface area contributed by atoms with Gasteiger partial charge in [0.15, 0.2) is 23.2 Å². The Bertz CT molecular complexity index is 1150. The normalized spacial score (nSPS) is 10.9. The van der Waals surface area contributed by atoms with Crippen LogP contribution in [-0.2, 0) is 11.3 Å². The molecule has 0 aliphatic rings. The van der Waals surface area contributed by atoms with Gasteiger partial charge in [-0.15, -0.1) is 0 Å². The number of ether oxygens (including phenoxy) is 2. The van der Waals surface area contributed by atoms with Crippen molar-refractivity contribution in [3.63, 3.8) is 0 Å². The van der Waals surface area contributed by atoms with Crippen molar-refractivity contribution < 1.29 is 18.7 Å². The Hall–Kier alpha value is -3.46. The van der Waals surface area contributed by atoms with Crippen LogP contribution in [0.1, 0.15) is 0 Å². The van der Waals surface area contributed by atoms with Crippen LogP contribution in [0.25, 0.3) is 10.2 Å². The molecule has 0 aliphatic heterocycles. The van der Waals surface area contributed by atoms with Crippen molar-refractivity contribution in [2.75, 3.05) is 25.2 Å². The number of anilines is 1. The van der Waals surface area contributed by atoms with E-state index < -0.39 is 0 Å². The van der Waals surface area contributed by atoms with Gasteiger partial charge in [-0.25, -0.2) is 9.37 Å². The zero-order valence-corrected chi connectivity index (χ0v) is 17.0. The number of para-hydroxylation sites is 2. The molecular formula is C21H19FN4O3S. The molecule has 0 atom stereocenters. The Labute approximate surface area is 176 Å². The zero-order chi connectivity index (χ0) is 20.9. The lowest BCUT2D eigenvalue weighted by molar-refractivity contribution is -0.120. The van der Waals surface area contributed by atoms with Gasteiger partial charge in [-0.05, 0) is 36.4 Å². The summed E-state index contributed by atoms with van der Waals surface area (Å²) in [5.74, 6) is 0.412. The van der Waals surface area contributed by atoms with Crippen molar-refractivity contribution in [3.8, 4) is 11.5 Å². The van der Waals surface area contributed by atoms with Crippen molar-refractivity contribution >= 4 is 32.6 Å². The first-order valence-corrected chi connectivity index (χ1v) is 10.1. The minimum Gasteiger partial charge on any atom is -0.493 e. The molecular weight excluding hydrogens is 407 g/mol. The number of hydrogen-bond donors (Lipinski definition) is 0. The molecule has 4 aromatic rings. The Kier molecular flexibility index (Phi) is 5.89. The largest absolute Gasteiger partial charge is 0.493 e. The molecule has 4 rings (SSSR count). The summed E-state index contributed by atoms with van der Waals surface area (Å²) in [5, 5.41) is 4.66. The third kappa shape index (κ3) is 4.41. The van der Waals surface area contributed by atoms with Crippen LogP contribution in [0, 0.1) is 5.82 Å². The number of aromatic nitrogens is 3. The van der Waals surface area contributed by atoms with Gasteiger partial charge in [-0.2, -0.15) is 5.10 Å². The van der Waals surface area contributed by atoms with Crippen LogP contribution in [0.2, 0.25) is 0 Å². The maximum Gasteiger partial charge on any atom is 0.266 e. The van der Waals surface area contributed by atoms with Crippen LogP contribution < -0.4 is 14.4 Å². The summed E-state index contributed by atoms with van der Waals surface area (Å²) in [6, 6.07) is 13.3. The number of fused-ring (bicyclic) bond motifs is 1. The highest BCUT2D eigenvalue weighted by atomic mass is 32.1. The second-order valence-corrected chi connectivity index (χ2v) is 7.37. The molecule has 2 aromatic heterocycles. The average molecular weight is 426 g/mol. The quantitative estimate of drug-likeness (QED) is 0.429. The molecule has 9 heteroatoms. The lowest BCUT2D eigenvalue weighted by Gasteiger charge is -2.20. The number of thiazole rings is 1. The first-order valence-electron chi connectivity index (χ1n) is 9.24. The van der Waals surface area contributed by atoms with E-state index in [2.05, 4.69) is 10.1 Å². The van der Waals surface area contributed by atoms with Crippen molar-refractivity contribution in [1.82, 2.24) is 14.8 Å². The predicted octanol–water partition coefficient (Wildman–Crippen LogP) is 3.75. The van der Waals surface area contributed by atoms with Gasteiger partial charge in [0.25, 0.3) is 5.91 Å². The number of nitrogens with zero attached hydrogens (tertiary/aromatic N) is 4. The Morgan fingerprint density at radius 1 is 1.20 bits per heavy atom. The number of benzene rings is 2. The van der Waals surface area contributed by atoms with Crippen LogP contribution in [0.15, 0.2) is 60.9 Å². The lowest BCUT2D eigenvalue weighted by Crippen LogP contribution is -2.37. The fraction of sp³-hybridized carbons (Fsp3) is 0.190. The second kappa shape index (κ2) is 8.91. The van der Waals surface area contributed by atoms with Gasteiger partial charge in [0.05, 0.1) is 23.9 Å². The van der Waals surface area contributed by atoms with Crippen LogP contribution in [0.4, 0.5) is 9.52 Å². The van der Waals surface area contributed by atoms with Gasteiger partial charge in [-0.1, -0.05) is 23.5 Å². The Balaban J connectivity index is 1.56. The second-order valence-electron chi connectivity index (χ2n) is 6.36. The fourth-order valence-corrected chi connectivity index (χ4v) is 3.95. The standard InChI is InChI=1S/C21H19FN4O3S/c1-28-17-5-2-3-6-18(17)29-14-20(27)26(12-11-25-10-4-9-23-25)21-24-16-8-7-15(22)13-19(16)30-21/h2-10,13H,11-12,14H2,1H3. The van der Waals surface area contributed by atoms with Gasteiger partial charge in [0.1, 0.15) is 5.82 Å². The molecule has 0 bridgehead atoms. The van der Waals surface area contributed by atoms with Gasteiger partial charge in [0.2, 0.25) is 0 Å². The number of amides is 1. The molecule has 0 radical (unpaired) electrons. The van der Waals surface area contributed by atoms with E-state index in [-0.39, 0.29) is 18.3 Å². The highest BCUT2D eigenvalue weighted by Gasteiger charge is 2.21. The number of halogens is 1. The lowest BCUT2D eigenvalue weighted by atomic mass is 10.3. The summed E-state index contributed by atoms with van der Waals surface area (Å²) in [4.78, 5) is 19.1. The molecule has 1 amide bonds. The van der Waals surface area contributed by atoms with Crippen LogP contribution >= 0.6 is 11.3 Å². The number of rotatable bonds is 8. The van der Waals surface area contributed by atoms with Crippen molar-refractivity contribution in [2.24, 2.45) is 0 Å². The summed E-state index contributed by atoms with van der Waals surface area (Å²) in [7, 11) is 1.54. The predicted molar refractivity (Wildman–Crippen MR) is 113 cm³/mol. The number of carbonyl (C=O) groups is 1. The molecule has 7 nitrogen and oxygen atoms in total. The van der Waals surface area contributed by atoms with E-state index in [1.54, 1.807) is 47.2 Å². The van der Waals surface area contributed by atoms with Crippen LogP contribution in [-0.4, -0.2) is 40.9 Å². The van der Waals surface area contributed by atoms with E-state index >= 15 is 0 Å². The van der Waals surface area contributed by atoms with E-state index in [1.807, 2.05) is 18.3 Å². The minimum atomic E-state index is -0.341. The third-order valence-electron chi connectivity index (χ3n) is 4.40. The zero-order valence-electron chi connectivity index (χ0n) is 16.2. The summed E-state index contributed by atoms with van der Waals surface area (Å²) in [6.45, 7) is 0.638. The van der Waals surface area contributed by atoms with Gasteiger partial charge in [-0.3, -0.25) is 14.4 Å². The third-order valence-corrected chi connectivity index (χ3v) is 5.44. The maximum atomic E-state index is 13.6. The molecule has 0 saturated carbocycles. The van der Waals surface area contributed by atoms with Gasteiger partial charge in [0, 0.05) is 18.9 Å². The molecule has 0 saturated heterocycles. The first kappa shape index (κ1) is 19.8. The molecule has 2 aromatic carbocycles. The number of methoxy groups -OCH3 is 1. The number of carbonyl (C=O) groups excluding carboxylic acids is 1. The van der Waals surface area contributed by atoms with Crippen molar-refractivity contribution in [3.05, 3.63) is 66.7 Å². The first-order chi connectivity index (χ1) is 14.6. The van der Waals surface area contributed by atoms with Crippen molar-refractivity contribution in [1.29, 1.82) is 0 Å². The molecule has 0 spiro atoms. The maximum absolute atomic E-state index is 13.6. The van der Waals surface area contributed by atoms with E-state index in [0.717, 1.165) is 0 Å². The molecule has 0 unspecified atom stereocenters. The van der Waals surface area contributed by atoms with Crippen LogP contribution in [0.5, 0.6) is 11.5 Å². The van der Waals surface area contributed by atoms with Crippen molar-refractivity contribution in [2.45, 2.75) is 6.54 Å². The summed E-state index contributed by atoms with van der Waals surface area (Å²) in [6.07, 6.45) is 3.50. The van der Waals surface area contributed by atoms with E-state index in [4.69, 9.17) is 9.47 Å². The van der Waals surface area contributed by atoms with E-state index in [0.29, 0.717) is 39.9 Å². The Morgan fingerprint density at radius 2 is 2.03 bits per heavy atom. The van der Waals surface area contributed by atoms with E-state index in [9.17, 15) is 9.18 Å². The fourth-order valence-electron chi connectivity index (χ4n) is 2.92. The summed E-state index contributed by atoms with van der Waals surface area (Å²) >= 11 is 1.26. The van der Waals surface area contributed by atoms with E-state index in [1.165, 1.54) is 23.5 Å². The summed E-state index contributed by atoms with van der Waals surface area (Å²) in [5.41, 5.74) is 0.638. The molecule has 30 heavy (non-hydrogen) atoms. The van der Waals surface area contributed by atoms with Gasteiger partial charge < -0.3 is 9.47 Å². The smallest absolute Gasteiger partial charge is 0.266 e. The highest BCUT2D eigenvalue weighted by molar-refractivity contribution is 7.22. The summed E-state index contributed by atoms with van der Waals surface area (Å²) < 4.78 is 26.9. The highest BCUT2D eigenvalue weighted by Crippen LogP contribution is 2.30. The molecule has 154 valence electrons. The van der Waals surface area contributed by atoms with Gasteiger partial charge >= 0.3 is 0 Å². The Morgan fingerprint density at radius 3 is 2.80 bits per heavy atom. The van der Waals surface area contributed by atoms with Crippen LogP contribution in [0.3, 0.4) is 0 Å². The monoisotopic (exact) mass is 426 g/mol. The molecule has 2 heterocycles. The molecule has 0 N–H and O–H groups in total. The average Bonchev–Trinajstić information content (AvgIpc) is 3.42.